The predicted molar refractivity (Wildman–Crippen MR) is 128 cm³/mol. The molecule has 1 aliphatic rings. The van der Waals surface area contributed by atoms with Gasteiger partial charge in [0.2, 0.25) is 0 Å². The van der Waals surface area contributed by atoms with Crippen molar-refractivity contribution >= 4 is 33.5 Å². The van der Waals surface area contributed by atoms with Gasteiger partial charge in [0.1, 0.15) is 0 Å². The molecule has 1 aliphatic heterocycles. The predicted octanol–water partition coefficient (Wildman–Crippen LogP) is 4.18. The van der Waals surface area contributed by atoms with E-state index in [-0.39, 0.29) is 23.4 Å². The van der Waals surface area contributed by atoms with E-state index in [0.29, 0.717) is 21.7 Å². The molecule has 8 nitrogen and oxygen atoms in total. The standard InChI is InChI=1S/C23H25BrClN5O3/c1-5-33-22(32)19-20(30(13(2)3)23(24)28-19)18(15-8-6-14(11-26)7-9-15)27-16-10-17(25)21(31)29(4)12-16/h6-10,12-13,18,21,27,31H,5H2,1-4H3. The molecule has 2 aromatic rings. The summed E-state index contributed by atoms with van der Waals surface area (Å²) in [5.41, 5.74) is 2.72. The minimum absolute atomic E-state index is 0.0308. The number of hydrogen-bond acceptors (Lipinski definition) is 7. The van der Waals surface area contributed by atoms with Crippen LogP contribution in [-0.2, 0) is 4.74 Å². The average Bonchev–Trinajstić information content (AvgIpc) is 3.13. The van der Waals surface area contributed by atoms with Gasteiger partial charge in [0.15, 0.2) is 16.7 Å². The van der Waals surface area contributed by atoms with Crippen LogP contribution in [0.4, 0.5) is 0 Å². The van der Waals surface area contributed by atoms with Crippen molar-refractivity contribution in [2.24, 2.45) is 0 Å². The molecule has 0 fully saturated rings. The van der Waals surface area contributed by atoms with Gasteiger partial charge in [-0.3, -0.25) is 0 Å². The molecular formula is C23H25BrClN5O3. The average molecular weight is 535 g/mol. The van der Waals surface area contributed by atoms with Crippen molar-refractivity contribution in [1.29, 1.82) is 5.26 Å². The number of nitrogens with zero attached hydrogens (tertiary/aromatic N) is 4. The summed E-state index contributed by atoms with van der Waals surface area (Å²) in [7, 11) is 1.71. The van der Waals surface area contributed by atoms with E-state index in [9.17, 15) is 15.2 Å². The van der Waals surface area contributed by atoms with Gasteiger partial charge in [0, 0.05) is 19.3 Å². The number of carbonyl (C=O) groups excluding carboxylic acids is 1. The van der Waals surface area contributed by atoms with Gasteiger partial charge in [-0.2, -0.15) is 5.26 Å². The number of halogens is 2. The number of likely N-dealkylation sites (N-methyl/N-ethyl adjacent to an activating group) is 1. The molecule has 2 atom stereocenters. The molecule has 2 unspecified atom stereocenters. The van der Waals surface area contributed by atoms with E-state index in [2.05, 4.69) is 32.3 Å². The number of carbonyl (C=O) groups is 1. The fourth-order valence-electron chi connectivity index (χ4n) is 3.58. The van der Waals surface area contributed by atoms with Crippen molar-refractivity contribution in [3.63, 3.8) is 0 Å². The fraction of sp³-hybridized carbons (Fsp3) is 0.348. The maximum Gasteiger partial charge on any atom is 0.358 e. The number of rotatable bonds is 7. The molecule has 1 aromatic carbocycles. The molecule has 0 saturated heterocycles. The topological polar surface area (TPSA) is 103 Å². The first-order valence-corrected chi connectivity index (χ1v) is 11.5. The second-order valence-corrected chi connectivity index (χ2v) is 8.91. The third kappa shape index (κ3) is 5.24. The fourth-order valence-corrected chi connectivity index (χ4v) is 4.63. The number of hydrogen-bond donors (Lipinski definition) is 2. The highest BCUT2D eigenvalue weighted by molar-refractivity contribution is 9.10. The Morgan fingerprint density at radius 1 is 1.39 bits per heavy atom. The zero-order valence-corrected chi connectivity index (χ0v) is 21.1. The van der Waals surface area contributed by atoms with Crippen molar-refractivity contribution in [3.05, 3.63) is 74.5 Å². The lowest BCUT2D eigenvalue weighted by molar-refractivity contribution is 0.0517. The number of esters is 1. The number of imidazole rings is 1. The minimum atomic E-state index is -0.934. The van der Waals surface area contributed by atoms with E-state index >= 15 is 0 Å². The molecule has 3 rings (SSSR count). The quantitative estimate of drug-likeness (QED) is 0.514. The minimum Gasteiger partial charge on any atom is -0.461 e. The van der Waals surface area contributed by atoms with E-state index in [1.165, 1.54) is 0 Å². The van der Waals surface area contributed by atoms with Gasteiger partial charge in [-0.05, 0) is 60.5 Å². The third-order valence-electron chi connectivity index (χ3n) is 5.12. The van der Waals surface area contributed by atoms with Crippen LogP contribution in [0.15, 0.2) is 52.0 Å². The van der Waals surface area contributed by atoms with Crippen LogP contribution < -0.4 is 5.32 Å². The Bertz CT molecular complexity index is 1130. The lowest BCUT2D eigenvalue weighted by Gasteiger charge is -2.30. The van der Waals surface area contributed by atoms with Crippen molar-refractivity contribution in [2.75, 3.05) is 13.7 Å². The summed E-state index contributed by atoms with van der Waals surface area (Å²) in [5, 5.41) is 23.0. The molecule has 0 radical (unpaired) electrons. The van der Waals surface area contributed by atoms with Crippen LogP contribution in [-0.4, -0.2) is 45.4 Å². The summed E-state index contributed by atoms with van der Waals surface area (Å²) in [6.45, 7) is 5.93. The second kappa shape index (κ2) is 10.4. The third-order valence-corrected chi connectivity index (χ3v) is 5.98. The van der Waals surface area contributed by atoms with Crippen LogP contribution in [0.25, 0.3) is 0 Å². The van der Waals surface area contributed by atoms with Crippen LogP contribution in [0.2, 0.25) is 0 Å². The highest BCUT2D eigenvalue weighted by Crippen LogP contribution is 2.33. The molecule has 2 heterocycles. The van der Waals surface area contributed by atoms with E-state index in [0.717, 1.165) is 5.56 Å². The van der Waals surface area contributed by atoms with Gasteiger partial charge >= 0.3 is 5.97 Å². The van der Waals surface area contributed by atoms with Gasteiger partial charge < -0.3 is 24.6 Å². The number of nitriles is 1. The van der Waals surface area contributed by atoms with E-state index in [4.69, 9.17) is 16.3 Å². The Balaban J connectivity index is 2.20. The highest BCUT2D eigenvalue weighted by Gasteiger charge is 2.32. The van der Waals surface area contributed by atoms with Crippen LogP contribution in [0.1, 0.15) is 60.2 Å². The molecule has 10 heteroatoms. The van der Waals surface area contributed by atoms with E-state index in [1.807, 2.05) is 30.5 Å². The first kappa shape index (κ1) is 24.8. The van der Waals surface area contributed by atoms with Crippen LogP contribution >= 0.6 is 27.5 Å². The summed E-state index contributed by atoms with van der Waals surface area (Å²) in [6, 6.07) is 8.62. The maximum atomic E-state index is 12.9. The molecular weight excluding hydrogens is 510 g/mol. The molecule has 33 heavy (non-hydrogen) atoms. The molecule has 1 aromatic heterocycles. The zero-order valence-electron chi connectivity index (χ0n) is 18.7. The molecule has 0 spiro atoms. The first-order valence-electron chi connectivity index (χ1n) is 10.4. The van der Waals surface area contributed by atoms with Crippen LogP contribution in [0.5, 0.6) is 0 Å². The van der Waals surface area contributed by atoms with Crippen molar-refractivity contribution in [3.8, 4) is 6.07 Å². The monoisotopic (exact) mass is 533 g/mol. The second-order valence-electron chi connectivity index (χ2n) is 7.76. The summed E-state index contributed by atoms with van der Waals surface area (Å²) in [4.78, 5) is 18.9. The number of benzene rings is 1. The number of aliphatic hydroxyl groups is 1. The smallest absolute Gasteiger partial charge is 0.358 e. The van der Waals surface area contributed by atoms with Crippen molar-refractivity contribution < 1.29 is 14.6 Å². The summed E-state index contributed by atoms with van der Waals surface area (Å²) in [5.74, 6) is -0.535. The number of nitrogens with one attached hydrogen (secondary N) is 1. The lowest BCUT2D eigenvalue weighted by atomic mass is 9.99. The van der Waals surface area contributed by atoms with E-state index < -0.39 is 18.2 Å². The van der Waals surface area contributed by atoms with Gasteiger partial charge in [-0.25, -0.2) is 9.78 Å². The number of ether oxygens (including phenoxy) is 1. The van der Waals surface area contributed by atoms with Crippen LogP contribution in [0.3, 0.4) is 0 Å². The first-order chi connectivity index (χ1) is 15.7. The molecule has 174 valence electrons. The Morgan fingerprint density at radius 3 is 2.61 bits per heavy atom. The Hall–Kier alpha value is -2.80. The van der Waals surface area contributed by atoms with Crippen molar-refractivity contribution in [2.45, 2.75) is 39.1 Å². The van der Waals surface area contributed by atoms with Gasteiger partial charge in [-0.1, -0.05) is 23.7 Å². The van der Waals surface area contributed by atoms with Gasteiger partial charge in [0.05, 0.1) is 40.7 Å². The lowest BCUT2D eigenvalue weighted by Crippen LogP contribution is -2.34. The molecule has 0 aliphatic carbocycles. The highest BCUT2D eigenvalue weighted by atomic mass is 79.9. The zero-order chi connectivity index (χ0) is 24.3. The molecule has 0 saturated carbocycles. The Labute approximate surface area is 206 Å². The van der Waals surface area contributed by atoms with Crippen molar-refractivity contribution in [1.82, 2.24) is 19.8 Å². The van der Waals surface area contributed by atoms with Gasteiger partial charge in [-0.15, -0.1) is 0 Å². The summed E-state index contributed by atoms with van der Waals surface area (Å²) < 4.78 is 7.69. The summed E-state index contributed by atoms with van der Waals surface area (Å²) in [6.07, 6.45) is 2.43. The van der Waals surface area contributed by atoms with Gasteiger partial charge in [0.25, 0.3) is 0 Å². The normalized spacial score (nSPS) is 16.7. The number of aromatic nitrogens is 2. The maximum absolute atomic E-state index is 12.9. The summed E-state index contributed by atoms with van der Waals surface area (Å²) >= 11 is 9.72. The molecule has 0 amide bonds. The molecule has 0 bridgehead atoms. The molecule has 2 N–H and O–H groups in total. The van der Waals surface area contributed by atoms with E-state index in [1.54, 1.807) is 43.3 Å². The Morgan fingerprint density at radius 2 is 2.06 bits per heavy atom. The largest absolute Gasteiger partial charge is 0.461 e. The van der Waals surface area contributed by atoms with Crippen LogP contribution in [0, 0.1) is 11.3 Å². The number of aliphatic hydroxyl groups excluding tert-OH is 1. The Kier molecular flexibility index (Phi) is 7.84. The number of allylic oxidation sites excluding steroid dienone is 1. The SMILES string of the molecule is CCOC(=O)c1nc(Br)n(C(C)C)c1C(NC1=CN(C)C(O)C(Cl)=C1)c1ccc(C#N)cc1.